The first-order chi connectivity index (χ1) is 13.6. The number of carbonyl (C=O) groups excluding carboxylic acids is 1. The number of nitrogens with zero attached hydrogens (tertiary/aromatic N) is 2. The van der Waals surface area contributed by atoms with Gasteiger partial charge in [0.1, 0.15) is 11.5 Å². The molecule has 0 radical (unpaired) electrons. The molecule has 4 saturated heterocycles. The van der Waals surface area contributed by atoms with E-state index in [1.54, 1.807) is 24.3 Å². The van der Waals surface area contributed by atoms with Crippen LogP contribution in [-0.4, -0.2) is 57.6 Å². The lowest BCUT2D eigenvalue weighted by Gasteiger charge is -2.51. The van der Waals surface area contributed by atoms with Gasteiger partial charge in [0, 0.05) is 18.5 Å². The maximum atomic E-state index is 13.3. The zero-order chi connectivity index (χ0) is 19.3. The van der Waals surface area contributed by atoms with Crippen LogP contribution in [0.1, 0.15) is 29.9 Å². The Balaban J connectivity index is 1.45. The van der Waals surface area contributed by atoms with Crippen LogP contribution < -0.4 is 0 Å². The summed E-state index contributed by atoms with van der Waals surface area (Å²) in [6.07, 6.45) is 2.63. The van der Waals surface area contributed by atoms with Crippen molar-refractivity contribution in [3.63, 3.8) is 0 Å². The van der Waals surface area contributed by atoms with E-state index in [2.05, 4.69) is 15.9 Å². The molecule has 4 aliphatic heterocycles. The molecule has 5 nitrogen and oxygen atoms in total. The number of rotatable bonds is 3. The van der Waals surface area contributed by atoms with Crippen molar-refractivity contribution in [3.8, 4) is 11.5 Å². The van der Waals surface area contributed by atoms with Crippen LogP contribution in [0.2, 0.25) is 0 Å². The first-order valence-corrected chi connectivity index (χ1v) is 10.2. The van der Waals surface area contributed by atoms with Crippen molar-refractivity contribution in [3.05, 3.63) is 59.7 Å². The minimum atomic E-state index is 0.136. The molecule has 4 aliphatic rings. The van der Waals surface area contributed by atoms with Crippen LogP contribution in [0, 0.1) is 5.92 Å². The summed E-state index contributed by atoms with van der Waals surface area (Å²) in [5.74, 6) is 1.41. The number of benzene rings is 2. The highest BCUT2D eigenvalue weighted by Gasteiger charge is 2.54. The molecule has 0 saturated carbocycles. The van der Waals surface area contributed by atoms with Crippen molar-refractivity contribution in [2.24, 2.45) is 5.92 Å². The van der Waals surface area contributed by atoms with Gasteiger partial charge in [-0.15, -0.1) is 0 Å². The van der Waals surface area contributed by atoms with Gasteiger partial charge in [-0.2, -0.15) is 0 Å². The number of aromatic hydroxyl groups is 2. The number of amides is 1. The molecule has 4 fully saturated rings. The van der Waals surface area contributed by atoms with E-state index in [1.165, 1.54) is 0 Å². The van der Waals surface area contributed by atoms with Crippen molar-refractivity contribution < 1.29 is 15.0 Å². The molecule has 28 heavy (non-hydrogen) atoms. The minimum absolute atomic E-state index is 0.136. The summed E-state index contributed by atoms with van der Waals surface area (Å²) in [4.78, 5) is 17.9. The monoisotopic (exact) mass is 378 g/mol. The van der Waals surface area contributed by atoms with Gasteiger partial charge < -0.3 is 15.1 Å². The highest BCUT2D eigenvalue weighted by atomic mass is 16.3. The van der Waals surface area contributed by atoms with Crippen molar-refractivity contribution in [2.75, 3.05) is 19.6 Å². The summed E-state index contributed by atoms with van der Waals surface area (Å²) in [6, 6.07) is 15.1. The third-order valence-corrected chi connectivity index (χ3v) is 6.88. The highest BCUT2D eigenvalue weighted by molar-refractivity contribution is 5.80. The fraction of sp³-hybridized carbons (Fsp3) is 0.435. The van der Waals surface area contributed by atoms with E-state index in [9.17, 15) is 15.0 Å². The topological polar surface area (TPSA) is 64.0 Å². The molecule has 2 bridgehead atoms. The summed E-state index contributed by atoms with van der Waals surface area (Å²) in [6.45, 7) is 2.91. The van der Waals surface area contributed by atoms with Gasteiger partial charge in [0.15, 0.2) is 0 Å². The molecule has 0 unspecified atom stereocenters. The molecule has 2 N–H and O–H groups in total. The molecule has 0 spiro atoms. The Hall–Kier alpha value is -2.53. The number of fused-ring (bicyclic) bond motifs is 2. The summed E-state index contributed by atoms with van der Waals surface area (Å²) in [5.41, 5.74) is 1.97. The first-order valence-electron chi connectivity index (χ1n) is 10.2. The summed E-state index contributed by atoms with van der Waals surface area (Å²) in [5, 5.41) is 19.7. The molecule has 2 aromatic carbocycles. The first kappa shape index (κ1) is 17.6. The van der Waals surface area contributed by atoms with Gasteiger partial charge in [0.2, 0.25) is 5.91 Å². The van der Waals surface area contributed by atoms with Gasteiger partial charge >= 0.3 is 0 Å². The Morgan fingerprint density at radius 3 is 2.39 bits per heavy atom. The number of phenolic OH excluding ortho intramolecular Hbond substituents is 2. The van der Waals surface area contributed by atoms with E-state index in [-0.39, 0.29) is 29.4 Å². The predicted molar refractivity (Wildman–Crippen MR) is 106 cm³/mol. The average molecular weight is 378 g/mol. The highest BCUT2D eigenvalue weighted by Crippen LogP contribution is 2.47. The van der Waals surface area contributed by atoms with Crippen LogP contribution in [0.25, 0.3) is 0 Å². The summed E-state index contributed by atoms with van der Waals surface area (Å²) >= 11 is 0. The van der Waals surface area contributed by atoms with Gasteiger partial charge in [-0.25, -0.2) is 0 Å². The fourth-order valence-corrected chi connectivity index (χ4v) is 5.70. The van der Waals surface area contributed by atoms with E-state index >= 15 is 0 Å². The number of hydrogen-bond acceptors (Lipinski definition) is 4. The third kappa shape index (κ3) is 2.94. The van der Waals surface area contributed by atoms with Crippen LogP contribution in [-0.2, 0) is 11.2 Å². The maximum Gasteiger partial charge on any atom is 0.227 e. The van der Waals surface area contributed by atoms with E-state index in [1.807, 2.05) is 18.2 Å². The van der Waals surface area contributed by atoms with Crippen LogP contribution >= 0.6 is 0 Å². The van der Waals surface area contributed by atoms with Crippen LogP contribution in [0.4, 0.5) is 0 Å². The Morgan fingerprint density at radius 1 is 0.964 bits per heavy atom. The van der Waals surface area contributed by atoms with Crippen molar-refractivity contribution >= 4 is 5.91 Å². The molecule has 0 aromatic heterocycles. The number of phenols is 2. The molecule has 0 aliphatic carbocycles. The lowest BCUT2D eigenvalue weighted by atomic mass is 9.75. The summed E-state index contributed by atoms with van der Waals surface area (Å²) < 4.78 is 0. The maximum absolute atomic E-state index is 13.3. The fourth-order valence-electron chi connectivity index (χ4n) is 5.70. The zero-order valence-corrected chi connectivity index (χ0v) is 15.9. The third-order valence-electron chi connectivity index (χ3n) is 6.88. The van der Waals surface area contributed by atoms with Gasteiger partial charge in [0.05, 0.1) is 12.5 Å². The molecule has 146 valence electrons. The van der Waals surface area contributed by atoms with Crippen LogP contribution in [0.5, 0.6) is 11.5 Å². The standard InChI is InChI=1S/C23H26N2O3/c26-18-5-1-3-15(11-18)12-21(28)25-14-20(17-4-2-6-19(27)13-17)23-22(25)16-7-9-24(23)10-8-16/h1-6,11,13,16,20,22-23,26-27H,7-10,12,14H2/t20-,22+,23+/m0/s1. The Morgan fingerprint density at radius 2 is 1.68 bits per heavy atom. The Kier molecular flexibility index (Phi) is 4.27. The second-order valence-electron chi connectivity index (χ2n) is 8.45. The molecule has 6 rings (SSSR count). The predicted octanol–water partition coefficient (Wildman–Crippen LogP) is 2.73. The Bertz CT molecular complexity index is 891. The second kappa shape index (κ2) is 6.82. The van der Waals surface area contributed by atoms with Crippen LogP contribution in [0.3, 0.4) is 0 Å². The molecule has 1 amide bonds. The van der Waals surface area contributed by atoms with E-state index in [0.717, 1.165) is 37.1 Å². The van der Waals surface area contributed by atoms with Gasteiger partial charge in [0.25, 0.3) is 0 Å². The van der Waals surface area contributed by atoms with Crippen molar-refractivity contribution in [1.29, 1.82) is 0 Å². The smallest absolute Gasteiger partial charge is 0.227 e. The minimum Gasteiger partial charge on any atom is -0.508 e. The largest absolute Gasteiger partial charge is 0.508 e. The second-order valence-corrected chi connectivity index (χ2v) is 8.45. The molecule has 3 atom stereocenters. The molecule has 5 heteroatoms. The van der Waals surface area contributed by atoms with Gasteiger partial charge in [-0.05, 0) is 67.2 Å². The van der Waals surface area contributed by atoms with Crippen LogP contribution in [0.15, 0.2) is 48.5 Å². The SMILES string of the molecule is O=C(Cc1cccc(O)c1)N1C[C@@H](c2cccc(O)c2)[C@@H]2[C@H]1C1CCN2CC1. The van der Waals surface area contributed by atoms with E-state index in [4.69, 9.17) is 0 Å². The Labute approximate surface area is 165 Å². The summed E-state index contributed by atoms with van der Waals surface area (Å²) in [7, 11) is 0. The number of hydrogen-bond donors (Lipinski definition) is 2. The van der Waals surface area contributed by atoms with E-state index < -0.39 is 0 Å². The molecule has 2 aromatic rings. The van der Waals surface area contributed by atoms with Crippen molar-refractivity contribution in [2.45, 2.75) is 37.3 Å². The lowest BCUT2D eigenvalue weighted by molar-refractivity contribution is -0.135. The number of carbonyl (C=O) groups is 1. The van der Waals surface area contributed by atoms with Gasteiger partial charge in [-0.1, -0.05) is 24.3 Å². The zero-order valence-electron chi connectivity index (χ0n) is 15.9. The average Bonchev–Trinajstić information content (AvgIpc) is 3.12. The van der Waals surface area contributed by atoms with Gasteiger partial charge in [-0.3, -0.25) is 9.69 Å². The lowest BCUT2D eigenvalue weighted by Crippen LogP contribution is -2.60. The van der Waals surface area contributed by atoms with Crippen molar-refractivity contribution in [1.82, 2.24) is 9.80 Å². The number of likely N-dealkylation sites (tertiary alicyclic amines) is 1. The van der Waals surface area contributed by atoms with E-state index in [0.29, 0.717) is 24.9 Å². The normalized spacial score (nSPS) is 31.0. The quantitative estimate of drug-likeness (QED) is 0.862. The molecular weight excluding hydrogens is 352 g/mol. The molecular formula is C23H26N2O3. The molecule has 4 heterocycles. The number of piperidine rings is 3.